The van der Waals surface area contributed by atoms with E-state index in [-0.39, 0.29) is 5.82 Å². The Labute approximate surface area is 138 Å². The summed E-state index contributed by atoms with van der Waals surface area (Å²) in [6, 6.07) is 5.04. The molecule has 4 aromatic heterocycles. The largest absolute Gasteiger partial charge is 0.307 e. The van der Waals surface area contributed by atoms with Crippen LogP contribution in [0.3, 0.4) is 0 Å². The van der Waals surface area contributed by atoms with Gasteiger partial charge in [0, 0.05) is 42.7 Å². The predicted octanol–water partition coefficient (Wildman–Crippen LogP) is 4.01. The first-order valence-corrected chi connectivity index (χ1v) is 8.19. The van der Waals surface area contributed by atoms with Crippen molar-refractivity contribution in [3.05, 3.63) is 71.3 Å². The molecule has 2 unspecified atom stereocenters. The maximum atomic E-state index is 13.3. The Balaban J connectivity index is 1.50. The molecule has 0 aliphatic heterocycles. The average molecular weight is 320 g/mol. The van der Waals surface area contributed by atoms with E-state index in [0.717, 1.165) is 23.5 Å². The lowest BCUT2D eigenvalue weighted by atomic mass is 10.2. The van der Waals surface area contributed by atoms with Crippen molar-refractivity contribution in [3.63, 3.8) is 0 Å². The van der Waals surface area contributed by atoms with Gasteiger partial charge in [0.2, 0.25) is 0 Å². The summed E-state index contributed by atoms with van der Waals surface area (Å²) in [4.78, 5) is 9.43. The molecular formula is C19H17FN4. The van der Waals surface area contributed by atoms with Crippen LogP contribution < -0.4 is 0 Å². The van der Waals surface area contributed by atoms with Gasteiger partial charge in [-0.2, -0.15) is 0 Å². The Morgan fingerprint density at radius 3 is 2.54 bits per heavy atom. The maximum absolute atomic E-state index is 13.3. The van der Waals surface area contributed by atoms with E-state index in [9.17, 15) is 4.39 Å². The third kappa shape index (κ3) is 1.97. The quantitative estimate of drug-likeness (QED) is 0.559. The van der Waals surface area contributed by atoms with E-state index in [1.54, 1.807) is 6.20 Å². The highest BCUT2D eigenvalue weighted by Crippen LogP contribution is 2.53. The van der Waals surface area contributed by atoms with Crippen LogP contribution >= 0.6 is 0 Å². The fourth-order valence-corrected chi connectivity index (χ4v) is 3.48. The number of hydrogen-bond donors (Lipinski definition) is 0. The van der Waals surface area contributed by atoms with Crippen molar-refractivity contribution in [2.45, 2.75) is 32.1 Å². The first-order chi connectivity index (χ1) is 11.6. The van der Waals surface area contributed by atoms with Gasteiger partial charge in [0.1, 0.15) is 17.1 Å². The summed E-state index contributed by atoms with van der Waals surface area (Å²) >= 11 is 0. The summed E-state index contributed by atoms with van der Waals surface area (Å²) in [5, 5.41) is 0. The van der Waals surface area contributed by atoms with Crippen molar-refractivity contribution in [3.8, 4) is 0 Å². The number of pyridine rings is 2. The molecule has 0 spiro atoms. The van der Waals surface area contributed by atoms with E-state index in [2.05, 4.69) is 41.7 Å². The smallest absolute Gasteiger partial charge is 0.140 e. The number of rotatable bonds is 2. The molecule has 24 heavy (non-hydrogen) atoms. The summed E-state index contributed by atoms with van der Waals surface area (Å²) in [6.45, 7) is 4.22. The first kappa shape index (κ1) is 13.7. The van der Waals surface area contributed by atoms with Crippen LogP contribution in [0.4, 0.5) is 4.39 Å². The second-order valence-electron chi connectivity index (χ2n) is 6.75. The van der Waals surface area contributed by atoms with Gasteiger partial charge in [-0.3, -0.25) is 0 Å². The Morgan fingerprint density at radius 2 is 1.71 bits per heavy atom. The topological polar surface area (TPSA) is 34.6 Å². The Bertz CT molecular complexity index is 1090. The number of hydrogen-bond acceptors (Lipinski definition) is 2. The molecule has 0 radical (unpaired) electrons. The molecule has 0 amide bonds. The molecule has 5 heteroatoms. The van der Waals surface area contributed by atoms with E-state index >= 15 is 0 Å². The van der Waals surface area contributed by atoms with Gasteiger partial charge in [-0.15, -0.1) is 0 Å². The third-order valence-electron chi connectivity index (χ3n) is 5.15. The molecule has 0 N–H and O–H groups in total. The number of imidazole rings is 2. The predicted molar refractivity (Wildman–Crippen MR) is 89.9 cm³/mol. The summed E-state index contributed by atoms with van der Waals surface area (Å²) in [5.41, 5.74) is 6.33. The van der Waals surface area contributed by atoms with Crippen LogP contribution in [0.25, 0.3) is 11.3 Å². The van der Waals surface area contributed by atoms with Gasteiger partial charge in [-0.1, -0.05) is 0 Å². The van der Waals surface area contributed by atoms with Crippen LogP contribution in [0.15, 0.2) is 43.0 Å². The molecule has 0 saturated heterocycles. The molecular weight excluding hydrogens is 303 g/mol. The zero-order chi connectivity index (χ0) is 16.4. The SMILES string of the molecule is Cc1ccn2cc(C3CC3c3cn4ccc(F)cc4n3)nc2c1C. The molecule has 120 valence electrons. The molecule has 1 aliphatic rings. The zero-order valence-electron chi connectivity index (χ0n) is 13.6. The minimum Gasteiger partial charge on any atom is -0.307 e. The first-order valence-electron chi connectivity index (χ1n) is 8.19. The molecule has 5 rings (SSSR count). The van der Waals surface area contributed by atoms with Crippen molar-refractivity contribution >= 4 is 11.3 Å². The number of halogens is 1. The van der Waals surface area contributed by atoms with Crippen molar-refractivity contribution < 1.29 is 4.39 Å². The molecule has 0 aromatic carbocycles. The van der Waals surface area contributed by atoms with E-state index in [0.29, 0.717) is 17.5 Å². The van der Waals surface area contributed by atoms with E-state index in [1.165, 1.54) is 23.3 Å². The van der Waals surface area contributed by atoms with Crippen molar-refractivity contribution in [1.29, 1.82) is 0 Å². The lowest BCUT2D eigenvalue weighted by Crippen LogP contribution is -1.89. The fourth-order valence-electron chi connectivity index (χ4n) is 3.48. The monoisotopic (exact) mass is 320 g/mol. The van der Waals surface area contributed by atoms with Gasteiger partial charge in [-0.05, 0) is 43.5 Å². The van der Waals surface area contributed by atoms with Gasteiger partial charge < -0.3 is 8.80 Å². The van der Waals surface area contributed by atoms with Crippen molar-refractivity contribution in [2.75, 3.05) is 0 Å². The zero-order valence-corrected chi connectivity index (χ0v) is 13.6. The van der Waals surface area contributed by atoms with Crippen molar-refractivity contribution in [2.24, 2.45) is 0 Å². The lowest BCUT2D eigenvalue weighted by molar-refractivity contribution is 0.626. The Morgan fingerprint density at radius 1 is 1.00 bits per heavy atom. The fraction of sp³-hybridized carbons (Fsp3) is 0.263. The number of aryl methyl sites for hydroxylation is 2. The minimum absolute atomic E-state index is 0.252. The second-order valence-corrected chi connectivity index (χ2v) is 6.75. The highest BCUT2D eigenvalue weighted by Gasteiger charge is 2.43. The molecule has 2 atom stereocenters. The van der Waals surface area contributed by atoms with Crippen LogP contribution in [-0.4, -0.2) is 18.8 Å². The average Bonchev–Trinajstić information content (AvgIpc) is 3.06. The standard InChI is InChI=1S/C19H17FN4/c1-11-3-5-24-10-17(22-19(24)12(11)2)15-8-14(15)16-9-23-6-4-13(20)7-18(23)21-16/h3-7,9-10,14-15H,8H2,1-2H3. The molecule has 4 heterocycles. The highest BCUT2D eigenvalue weighted by molar-refractivity contribution is 5.53. The van der Waals surface area contributed by atoms with Crippen LogP contribution in [0.1, 0.15) is 40.8 Å². The van der Waals surface area contributed by atoms with Crippen LogP contribution in [-0.2, 0) is 0 Å². The van der Waals surface area contributed by atoms with Crippen LogP contribution in [0.2, 0.25) is 0 Å². The van der Waals surface area contributed by atoms with Gasteiger partial charge in [-0.25, -0.2) is 14.4 Å². The molecule has 1 aliphatic carbocycles. The molecule has 4 nitrogen and oxygen atoms in total. The van der Waals surface area contributed by atoms with Gasteiger partial charge >= 0.3 is 0 Å². The summed E-state index contributed by atoms with van der Waals surface area (Å²) in [7, 11) is 0. The summed E-state index contributed by atoms with van der Waals surface area (Å²) in [5.74, 6) is 0.525. The highest BCUT2D eigenvalue weighted by atomic mass is 19.1. The molecule has 4 aromatic rings. The lowest BCUT2D eigenvalue weighted by Gasteiger charge is -2.00. The summed E-state index contributed by atoms with van der Waals surface area (Å²) < 4.78 is 17.3. The number of fused-ring (bicyclic) bond motifs is 2. The second kappa shape index (κ2) is 4.66. The minimum atomic E-state index is -0.252. The Kier molecular flexibility index (Phi) is 2.66. The Hall–Kier alpha value is -2.69. The van der Waals surface area contributed by atoms with E-state index in [1.807, 2.05) is 10.6 Å². The normalized spacial score (nSPS) is 20.1. The number of aromatic nitrogens is 4. The number of nitrogens with zero attached hydrogens (tertiary/aromatic N) is 4. The maximum Gasteiger partial charge on any atom is 0.140 e. The van der Waals surface area contributed by atoms with E-state index < -0.39 is 0 Å². The van der Waals surface area contributed by atoms with E-state index in [4.69, 9.17) is 4.98 Å². The van der Waals surface area contributed by atoms with Gasteiger partial charge in [0.05, 0.1) is 11.4 Å². The van der Waals surface area contributed by atoms with Crippen molar-refractivity contribution in [1.82, 2.24) is 18.8 Å². The van der Waals surface area contributed by atoms with Gasteiger partial charge in [0.25, 0.3) is 0 Å². The van der Waals surface area contributed by atoms with Crippen LogP contribution in [0, 0.1) is 19.7 Å². The van der Waals surface area contributed by atoms with Crippen LogP contribution in [0.5, 0.6) is 0 Å². The van der Waals surface area contributed by atoms with Gasteiger partial charge in [0.15, 0.2) is 0 Å². The third-order valence-corrected chi connectivity index (χ3v) is 5.15. The molecule has 1 fully saturated rings. The summed E-state index contributed by atoms with van der Waals surface area (Å²) in [6.07, 6.45) is 8.97. The molecule has 0 bridgehead atoms. The molecule has 1 saturated carbocycles.